The molecule has 0 amide bonds. The van der Waals surface area contributed by atoms with Gasteiger partial charge < -0.3 is 0 Å². The molecular formula is C16H21Br. The lowest BCUT2D eigenvalue weighted by Gasteiger charge is -2.13. The van der Waals surface area contributed by atoms with E-state index in [1.807, 2.05) is 0 Å². The molecular weight excluding hydrogens is 272 g/mol. The summed E-state index contributed by atoms with van der Waals surface area (Å²) in [6.45, 7) is 4.41. The summed E-state index contributed by atoms with van der Waals surface area (Å²) in [7, 11) is 0. The van der Waals surface area contributed by atoms with Crippen LogP contribution in [0.2, 0.25) is 0 Å². The summed E-state index contributed by atoms with van der Waals surface area (Å²) < 4.78 is 0. The lowest BCUT2D eigenvalue weighted by Crippen LogP contribution is -2.09. The van der Waals surface area contributed by atoms with Crippen LogP contribution in [0.3, 0.4) is 0 Å². The highest BCUT2D eigenvalue weighted by Gasteiger charge is 2.54. The van der Waals surface area contributed by atoms with Crippen LogP contribution < -0.4 is 0 Å². The Morgan fingerprint density at radius 1 is 1.18 bits per heavy atom. The normalized spacial score (nSPS) is 32.3. The molecule has 2 fully saturated rings. The minimum absolute atomic E-state index is 0.708. The van der Waals surface area contributed by atoms with Crippen LogP contribution in [0.4, 0.5) is 0 Å². The van der Waals surface area contributed by atoms with E-state index in [0.29, 0.717) is 4.83 Å². The van der Waals surface area contributed by atoms with Crippen molar-refractivity contribution in [2.45, 2.75) is 44.4 Å². The van der Waals surface area contributed by atoms with Crippen molar-refractivity contribution in [2.75, 3.05) is 0 Å². The monoisotopic (exact) mass is 292 g/mol. The van der Waals surface area contributed by atoms with Gasteiger partial charge in [0.1, 0.15) is 0 Å². The van der Waals surface area contributed by atoms with Gasteiger partial charge in [-0.05, 0) is 67.6 Å². The third-order valence-corrected chi connectivity index (χ3v) is 5.83. The first kappa shape index (κ1) is 11.8. The molecule has 3 unspecified atom stereocenters. The van der Waals surface area contributed by atoms with Crippen molar-refractivity contribution in [3.63, 3.8) is 0 Å². The van der Waals surface area contributed by atoms with Crippen molar-refractivity contribution in [1.29, 1.82) is 0 Å². The van der Waals surface area contributed by atoms with Gasteiger partial charge in [-0.2, -0.15) is 0 Å². The second-order valence-electron chi connectivity index (χ2n) is 5.97. The van der Waals surface area contributed by atoms with Crippen molar-refractivity contribution in [1.82, 2.24) is 0 Å². The van der Waals surface area contributed by atoms with Gasteiger partial charge in [0, 0.05) is 4.83 Å². The molecule has 0 bridgehead atoms. The molecule has 0 radical (unpaired) electrons. The Bertz CT molecular complexity index is 414. The van der Waals surface area contributed by atoms with E-state index in [2.05, 4.69) is 48.0 Å². The topological polar surface area (TPSA) is 0 Å². The van der Waals surface area contributed by atoms with Gasteiger partial charge in [-0.3, -0.25) is 0 Å². The number of hydrogen-bond acceptors (Lipinski definition) is 0. The van der Waals surface area contributed by atoms with E-state index in [1.165, 1.54) is 42.4 Å². The Kier molecular flexibility index (Phi) is 3.06. The Labute approximate surface area is 113 Å². The van der Waals surface area contributed by atoms with Crippen molar-refractivity contribution >= 4 is 15.9 Å². The molecule has 92 valence electrons. The van der Waals surface area contributed by atoms with E-state index < -0.39 is 0 Å². The van der Waals surface area contributed by atoms with Crippen LogP contribution in [0.15, 0.2) is 18.2 Å². The number of halogens is 1. The summed E-state index contributed by atoms with van der Waals surface area (Å²) in [6, 6.07) is 6.93. The lowest BCUT2D eigenvalue weighted by atomic mass is 9.99. The van der Waals surface area contributed by atoms with E-state index in [0.717, 1.165) is 17.8 Å². The molecule has 0 spiro atoms. The lowest BCUT2D eigenvalue weighted by molar-refractivity contribution is 0.569. The largest absolute Gasteiger partial charge is 0.0884 e. The summed E-state index contributed by atoms with van der Waals surface area (Å²) in [5, 5.41) is 0. The Morgan fingerprint density at radius 3 is 2.53 bits per heavy atom. The number of hydrogen-bond donors (Lipinski definition) is 0. The zero-order chi connectivity index (χ0) is 12.0. The van der Waals surface area contributed by atoms with Crippen LogP contribution in [-0.2, 0) is 6.42 Å². The van der Waals surface area contributed by atoms with Gasteiger partial charge in [0.2, 0.25) is 0 Å². The number of aryl methyl sites for hydroxylation is 2. The average Bonchev–Trinajstić information content (AvgIpc) is 2.78. The quantitative estimate of drug-likeness (QED) is 0.711. The number of alkyl halides is 1. The molecule has 2 aliphatic rings. The summed E-state index contributed by atoms with van der Waals surface area (Å²) in [5.41, 5.74) is 4.33. The van der Waals surface area contributed by atoms with Gasteiger partial charge >= 0.3 is 0 Å². The molecule has 1 aromatic carbocycles. The highest BCUT2D eigenvalue weighted by atomic mass is 79.9. The molecule has 2 aliphatic carbocycles. The van der Waals surface area contributed by atoms with Crippen molar-refractivity contribution in [3.8, 4) is 0 Å². The van der Waals surface area contributed by atoms with Crippen LogP contribution in [0.25, 0.3) is 0 Å². The summed E-state index contributed by atoms with van der Waals surface area (Å²) in [4.78, 5) is 0.708. The van der Waals surface area contributed by atoms with Gasteiger partial charge in [0.25, 0.3) is 0 Å². The van der Waals surface area contributed by atoms with Gasteiger partial charge in [-0.25, -0.2) is 0 Å². The van der Waals surface area contributed by atoms with E-state index >= 15 is 0 Å². The molecule has 0 heterocycles. The molecule has 0 nitrogen and oxygen atoms in total. The summed E-state index contributed by atoms with van der Waals surface area (Å²) in [6.07, 6.45) is 5.67. The first-order valence-electron chi connectivity index (χ1n) is 6.87. The third kappa shape index (κ3) is 2.19. The van der Waals surface area contributed by atoms with E-state index in [-0.39, 0.29) is 0 Å². The van der Waals surface area contributed by atoms with Gasteiger partial charge in [0.15, 0.2) is 0 Å². The fourth-order valence-corrected chi connectivity index (χ4v) is 4.86. The van der Waals surface area contributed by atoms with Crippen molar-refractivity contribution < 1.29 is 0 Å². The molecule has 17 heavy (non-hydrogen) atoms. The second kappa shape index (κ2) is 4.42. The average molecular weight is 293 g/mol. The van der Waals surface area contributed by atoms with Gasteiger partial charge in [-0.15, -0.1) is 0 Å². The maximum Gasteiger partial charge on any atom is 0.0219 e. The van der Waals surface area contributed by atoms with Crippen LogP contribution in [0.1, 0.15) is 36.0 Å². The highest BCUT2D eigenvalue weighted by molar-refractivity contribution is 9.09. The molecule has 0 aliphatic heterocycles. The van der Waals surface area contributed by atoms with Crippen molar-refractivity contribution in [3.05, 3.63) is 34.9 Å². The maximum atomic E-state index is 3.94. The molecule has 1 aromatic rings. The zero-order valence-corrected chi connectivity index (χ0v) is 12.3. The number of fused-ring (bicyclic) bond motifs is 1. The van der Waals surface area contributed by atoms with E-state index in [9.17, 15) is 0 Å². The van der Waals surface area contributed by atoms with Crippen LogP contribution in [0.5, 0.6) is 0 Å². The highest BCUT2D eigenvalue weighted by Crippen LogP contribution is 2.60. The first-order chi connectivity index (χ1) is 8.16. The predicted octanol–water partition coefficient (Wildman–Crippen LogP) is 4.66. The van der Waals surface area contributed by atoms with E-state index in [1.54, 1.807) is 0 Å². The molecule has 3 atom stereocenters. The summed E-state index contributed by atoms with van der Waals surface area (Å²) >= 11 is 3.94. The SMILES string of the molecule is Cc1ccc(CC(Br)C2C3CCCC32)cc1C. The number of rotatable bonds is 3. The minimum atomic E-state index is 0.708. The van der Waals surface area contributed by atoms with Crippen LogP contribution in [0, 0.1) is 31.6 Å². The van der Waals surface area contributed by atoms with E-state index in [4.69, 9.17) is 0 Å². The fraction of sp³-hybridized carbons (Fsp3) is 0.625. The van der Waals surface area contributed by atoms with Crippen molar-refractivity contribution in [2.24, 2.45) is 17.8 Å². The second-order valence-corrected chi connectivity index (χ2v) is 7.15. The summed E-state index contributed by atoms with van der Waals surface area (Å²) in [5.74, 6) is 3.10. The van der Waals surface area contributed by atoms with Gasteiger partial charge in [0.05, 0.1) is 0 Å². The zero-order valence-electron chi connectivity index (χ0n) is 10.7. The Morgan fingerprint density at radius 2 is 1.88 bits per heavy atom. The standard InChI is InChI=1S/C16H21Br/c1-10-6-7-12(8-11(10)2)9-15(17)16-13-4-3-5-14(13)16/h6-8,13-16H,3-5,9H2,1-2H3. The minimum Gasteiger partial charge on any atom is -0.0884 e. The first-order valence-corrected chi connectivity index (χ1v) is 7.78. The Hall–Kier alpha value is -0.300. The third-order valence-electron chi connectivity index (χ3n) is 4.89. The fourth-order valence-electron chi connectivity index (χ4n) is 3.71. The molecule has 1 heteroatoms. The molecule has 0 saturated heterocycles. The van der Waals surface area contributed by atoms with Gasteiger partial charge in [-0.1, -0.05) is 40.5 Å². The molecule has 0 N–H and O–H groups in total. The Balaban J connectivity index is 1.64. The maximum absolute atomic E-state index is 3.94. The predicted molar refractivity (Wildman–Crippen MR) is 76.7 cm³/mol. The molecule has 3 rings (SSSR count). The molecule has 0 aromatic heterocycles. The smallest absolute Gasteiger partial charge is 0.0219 e. The molecule has 2 saturated carbocycles. The number of benzene rings is 1. The van der Waals surface area contributed by atoms with Crippen LogP contribution in [-0.4, -0.2) is 4.83 Å². The van der Waals surface area contributed by atoms with Crippen LogP contribution >= 0.6 is 15.9 Å².